The van der Waals surface area contributed by atoms with E-state index < -0.39 is 12.0 Å². The first kappa shape index (κ1) is 18.1. The molecule has 1 fully saturated rings. The Labute approximate surface area is 131 Å². The molecule has 0 bridgehead atoms. The van der Waals surface area contributed by atoms with Crippen molar-refractivity contribution in [1.29, 1.82) is 0 Å². The first-order valence-electron chi connectivity index (χ1n) is 7.46. The number of carboxylic acids is 1. The summed E-state index contributed by atoms with van der Waals surface area (Å²) in [7, 11) is 0. The maximum absolute atomic E-state index is 12.4. The molecule has 0 aromatic rings. The highest BCUT2D eigenvalue weighted by atomic mass is 32.2. The summed E-state index contributed by atoms with van der Waals surface area (Å²) >= 11 is 1.55. The third-order valence-corrected chi connectivity index (χ3v) is 5.78. The van der Waals surface area contributed by atoms with E-state index in [1.807, 2.05) is 13.8 Å². The molecule has 5 nitrogen and oxygen atoms in total. The van der Waals surface area contributed by atoms with Gasteiger partial charge in [-0.2, -0.15) is 0 Å². The van der Waals surface area contributed by atoms with E-state index in [0.717, 1.165) is 0 Å². The average molecular weight is 316 g/mol. The molecule has 122 valence electrons. The molecule has 1 saturated heterocycles. The molecule has 3 unspecified atom stereocenters. The molecule has 0 spiro atoms. The molecule has 3 atom stereocenters. The minimum Gasteiger partial charge on any atom is -0.480 e. The fourth-order valence-electron chi connectivity index (χ4n) is 2.13. The summed E-state index contributed by atoms with van der Waals surface area (Å²) in [5.41, 5.74) is 0.108. The lowest BCUT2D eigenvalue weighted by molar-refractivity contribution is -0.141. The summed E-state index contributed by atoms with van der Waals surface area (Å²) in [6, 6.07) is -0.991. The number of carbonyl (C=O) groups excluding carboxylic acids is 1. The number of hydrogen-bond acceptors (Lipinski definition) is 3. The van der Waals surface area contributed by atoms with Crippen LogP contribution in [0.2, 0.25) is 0 Å². The van der Waals surface area contributed by atoms with Gasteiger partial charge in [0.2, 0.25) is 0 Å². The van der Waals surface area contributed by atoms with Crippen LogP contribution >= 0.6 is 11.8 Å². The molecule has 0 saturated carbocycles. The second kappa shape index (κ2) is 6.90. The number of thioether (sulfide) groups is 1. The van der Waals surface area contributed by atoms with Crippen LogP contribution < -0.4 is 5.32 Å². The van der Waals surface area contributed by atoms with E-state index in [2.05, 4.69) is 33.0 Å². The molecule has 6 heteroatoms. The Balaban J connectivity index is 2.74. The molecule has 0 aromatic carbocycles. The zero-order valence-corrected chi connectivity index (χ0v) is 14.7. The number of amides is 2. The highest BCUT2D eigenvalue weighted by Gasteiger charge is 2.43. The first-order valence-corrected chi connectivity index (χ1v) is 8.51. The normalized spacial score (nSPS) is 24.2. The maximum atomic E-state index is 12.4. The first-order chi connectivity index (χ1) is 9.55. The van der Waals surface area contributed by atoms with E-state index in [1.165, 1.54) is 4.90 Å². The molecule has 1 heterocycles. The van der Waals surface area contributed by atoms with Crippen LogP contribution in [0.15, 0.2) is 0 Å². The van der Waals surface area contributed by atoms with Gasteiger partial charge >= 0.3 is 12.0 Å². The van der Waals surface area contributed by atoms with Gasteiger partial charge in [-0.25, -0.2) is 9.59 Å². The SMILES string of the molecule is CC(C)C1SCC(C(=O)O)N1C(=O)NCC(C)C(C)(C)C. The van der Waals surface area contributed by atoms with Gasteiger partial charge in [0.05, 0.1) is 5.37 Å². The highest BCUT2D eigenvalue weighted by Crippen LogP contribution is 2.34. The lowest BCUT2D eigenvalue weighted by Crippen LogP contribution is -2.52. The molecular formula is C15H28N2O3S. The summed E-state index contributed by atoms with van der Waals surface area (Å²) in [6.07, 6.45) is 0. The second-order valence-corrected chi connectivity index (χ2v) is 8.33. The van der Waals surface area contributed by atoms with Crippen LogP contribution in [-0.2, 0) is 4.79 Å². The standard InChI is InChI=1S/C15H28N2O3S/c1-9(2)12-17(11(8-21-12)13(18)19)14(20)16-7-10(3)15(4,5)6/h9-12H,7-8H2,1-6H3,(H,16,20)(H,18,19). The van der Waals surface area contributed by atoms with Crippen molar-refractivity contribution in [3.63, 3.8) is 0 Å². The van der Waals surface area contributed by atoms with Crippen molar-refractivity contribution >= 4 is 23.8 Å². The Morgan fingerprint density at radius 3 is 2.33 bits per heavy atom. The molecule has 0 aromatic heterocycles. The molecule has 21 heavy (non-hydrogen) atoms. The number of carbonyl (C=O) groups is 2. The van der Waals surface area contributed by atoms with Crippen molar-refractivity contribution in [1.82, 2.24) is 10.2 Å². The van der Waals surface area contributed by atoms with Crippen molar-refractivity contribution in [2.75, 3.05) is 12.3 Å². The number of rotatable bonds is 4. The van der Waals surface area contributed by atoms with Gasteiger partial charge in [-0.1, -0.05) is 41.5 Å². The number of nitrogens with one attached hydrogen (secondary N) is 1. The van der Waals surface area contributed by atoms with Gasteiger partial charge in [0.15, 0.2) is 0 Å². The van der Waals surface area contributed by atoms with Gasteiger partial charge in [-0.3, -0.25) is 4.90 Å². The van der Waals surface area contributed by atoms with Crippen molar-refractivity contribution in [2.24, 2.45) is 17.3 Å². The largest absolute Gasteiger partial charge is 0.480 e. The number of nitrogens with zero attached hydrogens (tertiary/aromatic N) is 1. The summed E-state index contributed by atoms with van der Waals surface area (Å²) in [4.78, 5) is 25.3. The van der Waals surface area contributed by atoms with Gasteiger partial charge in [-0.15, -0.1) is 11.8 Å². The highest BCUT2D eigenvalue weighted by molar-refractivity contribution is 8.00. The van der Waals surface area contributed by atoms with Crippen molar-refractivity contribution in [2.45, 2.75) is 53.0 Å². The summed E-state index contributed by atoms with van der Waals surface area (Å²) in [5.74, 6) is 0.0766. The molecule has 1 aliphatic heterocycles. The van der Waals surface area contributed by atoms with Crippen LogP contribution in [-0.4, -0.2) is 45.7 Å². The second-order valence-electron chi connectivity index (χ2n) is 7.18. The van der Waals surface area contributed by atoms with Crippen molar-refractivity contribution in [3.05, 3.63) is 0 Å². The third kappa shape index (κ3) is 4.53. The minimum absolute atomic E-state index is 0.0731. The van der Waals surface area contributed by atoms with Crippen LogP contribution in [0.25, 0.3) is 0 Å². The molecule has 0 radical (unpaired) electrons. The summed E-state index contributed by atoms with van der Waals surface area (Å²) < 4.78 is 0. The number of carboxylic acid groups (broad SMARTS) is 1. The van der Waals surface area contributed by atoms with Gasteiger partial charge in [0.1, 0.15) is 6.04 Å². The van der Waals surface area contributed by atoms with Crippen molar-refractivity contribution in [3.8, 4) is 0 Å². The van der Waals surface area contributed by atoms with Gasteiger partial charge < -0.3 is 10.4 Å². The molecule has 2 N–H and O–H groups in total. The van der Waals surface area contributed by atoms with Crippen LogP contribution in [0.3, 0.4) is 0 Å². The Kier molecular flexibility index (Phi) is 5.96. The quantitative estimate of drug-likeness (QED) is 0.837. The van der Waals surface area contributed by atoms with Crippen molar-refractivity contribution < 1.29 is 14.7 Å². The Morgan fingerprint density at radius 2 is 1.90 bits per heavy atom. The number of urea groups is 1. The zero-order valence-electron chi connectivity index (χ0n) is 13.8. The Hall–Kier alpha value is -0.910. The zero-order chi connectivity index (χ0) is 16.4. The monoisotopic (exact) mass is 316 g/mol. The van der Waals surface area contributed by atoms with Gasteiger partial charge in [0, 0.05) is 12.3 Å². The van der Waals surface area contributed by atoms with Crippen LogP contribution in [0.5, 0.6) is 0 Å². The fraction of sp³-hybridized carbons (Fsp3) is 0.867. The van der Waals surface area contributed by atoms with Crippen LogP contribution in [0, 0.1) is 17.3 Å². The summed E-state index contributed by atoms with van der Waals surface area (Å²) in [6.45, 7) is 13.1. The van der Waals surface area contributed by atoms with Crippen LogP contribution in [0.1, 0.15) is 41.5 Å². The average Bonchev–Trinajstić information content (AvgIpc) is 2.79. The molecular weight excluding hydrogens is 288 g/mol. The van der Waals surface area contributed by atoms with E-state index >= 15 is 0 Å². The lowest BCUT2D eigenvalue weighted by Gasteiger charge is -2.32. The van der Waals surface area contributed by atoms with Crippen LogP contribution in [0.4, 0.5) is 4.79 Å². The van der Waals surface area contributed by atoms with E-state index in [9.17, 15) is 14.7 Å². The van der Waals surface area contributed by atoms with E-state index in [0.29, 0.717) is 18.2 Å². The van der Waals surface area contributed by atoms with E-state index in [1.54, 1.807) is 11.8 Å². The molecule has 1 rings (SSSR count). The smallest absolute Gasteiger partial charge is 0.327 e. The number of hydrogen-bond donors (Lipinski definition) is 2. The van der Waals surface area contributed by atoms with E-state index in [-0.39, 0.29) is 22.7 Å². The number of aliphatic carboxylic acids is 1. The molecule has 2 amide bonds. The van der Waals surface area contributed by atoms with Gasteiger partial charge in [-0.05, 0) is 17.3 Å². The molecule has 0 aliphatic carbocycles. The summed E-state index contributed by atoms with van der Waals surface area (Å²) in [5, 5.41) is 12.1. The van der Waals surface area contributed by atoms with E-state index in [4.69, 9.17) is 0 Å². The van der Waals surface area contributed by atoms with Gasteiger partial charge in [0.25, 0.3) is 0 Å². The fourth-order valence-corrected chi connectivity index (χ4v) is 3.60. The Morgan fingerprint density at radius 1 is 1.33 bits per heavy atom. The minimum atomic E-state index is -0.926. The lowest BCUT2D eigenvalue weighted by atomic mass is 9.82. The Bertz CT molecular complexity index is 393. The maximum Gasteiger partial charge on any atom is 0.327 e. The third-order valence-electron chi connectivity index (χ3n) is 4.16. The topological polar surface area (TPSA) is 69.6 Å². The predicted octanol–water partition coefficient (Wildman–Crippen LogP) is 2.86. The molecule has 1 aliphatic rings. The predicted molar refractivity (Wildman–Crippen MR) is 86.4 cm³/mol.